The maximum absolute atomic E-state index is 12.0. The topological polar surface area (TPSA) is 35.6 Å². The molecule has 0 radical (unpaired) electrons. The summed E-state index contributed by atoms with van der Waals surface area (Å²) < 4.78 is 0. The molecule has 0 spiro atoms. The lowest BCUT2D eigenvalue weighted by molar-refractivity contribution is -0.129. The first-order valence-corrected chi connectivity index (χ1v) is 9.10. The molecule has 0 bridgehead atoms. The molecule has 134 valence electrons. The number of rotatable bonds is 5. The average Bonchev–Trinajstić information content (AvgIpc) is 2.52. The van der Waals surface area contributed by atoms with Crippen LogP contribution in [0.15, 0.2) is 24.3 Å². The molecule has 0 saturated carbocycles. The standard InChI is InChI=1S/C20H33N3O/c1-16-7-6-8-18(15-16)23-13-11-22(12-14-23)10-9-17(2)21-19(24)20(3,4)5/h6-8,15,17H,9-14H2,1-5H3,(H,21,24)/t17-/m0/s1. The zero-order chi connectivity index (χ0) is 17.7. The zero-order valence-corrected chi connectivity index (χ0v) is 15.9. The van der Waals surface area contributed by atoms with Gasteiger partial charge in [-0.15, -0.1) is 0 Å². The number of nitrogens with zero attached hydrogens (tertiary/aromatic N) is 2. The Bertz CT molecular complexity index is 542. The maximum atomic E-state index is 12.0. The molecule has 1 amide bonds. The molecule has 1 heterocycles. The monoisotopic (exact) mass is 331 g/mol. The second kappa shape index (κ2) is 8.02. The van der Waals surface area contributed by atoms with Crippen LogP contribution in [0, 0.1) is 12.3 Å². The molecule has 0 unspecified atom stereocenters. The van der Waals surface area contributed by atoms with Crippen molar-refractivity contribution in [3.63, 3.8) is 0 Å². The Morgan fingerprint density at radius 2 is 1.88 bits per heavy atom. The molecule has 0 aliphatic carbocycles. The fraction of sp³-hybridized carbons (Fsp3) is 0.650. The Morgan fingerprint density at radius 3 is 2.46 bits per heavy atom. The molecule has 1 aromatic rings. The first-order chi connectivity index (χ1) is 11.3. The molecule has 1 aliphatic heterocycles. The Labute approximate surface area is 147 Å². The highest BCUT2D eigenvalue weighted by Crippen LogP contribution is 2.18. The molecular formula is C20H33N3O. The number of hydrogen-bond donors (Lipinski definition) is 1. The lowest BCUT2D eigenvalue weighted by Gasteiger charge is -2.36. The van der Waals surface area contributed by atoms with Crippen molar-refractivity contribution in [2.75, 3.05) is 37.6 Å². The van der Waals surface area contributed by atoms with Gasteiger partial charge >= 0.3 is 0 Å². The number of hydrogen-bond acceptors (Lipinski definition) is 3. The minimum Gasteiger partial charge on any atom is -0.369 e. The molecular weight excluding hydrogens is 298 g/mol. The van der Waals surface area contributed by atoms with E-state index in [1.807, 2.05) is 20.8 Å². The van der Waals surface area contributed by atoms with Crippen LogP contribution in [0.5, 0.6) is 0 Å². The third kappa shape index (κ3) is 5.52. The molecule has 1 fully saturated rings. The van der Waals surface area contributed by atoms with Crippen LogP contribution in [0.2, 0.25) is 0 Å². The van der Waals surface area contributed by atoms with Gasteiger partial charge in [0.05, 0.1) is 0 Å². The lowest BCUT2D eigenvalue weighted by atomic mass is 9.95. The van der Waals surface area contributed by atoms with Gasteiger partial charge in [0, 0.05) is 49.9 Å². The van der Waals surface area contributed by atoms with Gasteiger partial charge < -0.3 is 10.2 Å². The van der Waals surface area contributed by atoms with E-state index in [9.17, 15) is 4.79 Å². The summed E-state index contributed by atoms with van der Waals surface area (Å²) in [5.41, 5.74) is 2.34. The van der Waals surface area contributed by atoms with Crippen LogP contribution in [0.1, 0.15) is 39.7 Å². The number of benzene rings is 1. The van der Waals surface area contributed by atoms with E-state index >= 15 is 0 Å². The Kier molecular flexibility index (Phi) is 6.27. The van der Waals surface area contributed by atoms with Gasteiger partial charge in [0.1, 0.15) is 0 Å². The molecule has 4 nitrogen and oxygen atoms in total. The highest BCUT2D eigenvalue weighted by atomic mass is 16.2. The first-order valence-electron chi connectivity index (χ1n) is 9.10. The molecule has 1 atom stereocenters. The van der Waals surface area contributed by atoms with E-state index in [-0.39, 0.29) is 17.4 Å². The lowest BCUT2D eigenvalue weighted by Crippen LogP contribution is -2.48. The predicted molar refractivity (Wildman–Crippen MR) is 102 cm³/mol. The van der Waals surface area contributed by atoms with Crippen LogP contribution in [0.25, 0.3) is 0 Å². The molecule has 1 N–H and O–H groups in total. The number of piperazine rings is 1. The third-order valence-corrected chi connectivity index (χ3v) is 4.68. The van der Waals surface area contributed by atoms with Crippen LogP contribution in [0.4, 0.5) is 5.69 Å². The van der Waals surface area contributed by atoms with Crippen molar-refractivity contribution in [3.05, 3.63) is 29.8 Å². The van der Waals surface area contributed by atoms with Gasteiger partial charge in [-0.05, 0) is 38.0 Å². The van der Waals surface area contributed by atoms with Gasteiger partial charge in [-0.3, -0.25) is 9.69 Å². The summed E-state index contributed by atoms with van der Waals surface area (Å²) in [7, 11) is 0. The van der Waals surface area contributed by atoms with E-state index < -0.39 is 0 Å². The Hall–Kier alpha value is -1.55. The average molecular weight is 332 g/mol. The highest BCUT2D eigenvalue weighted by Gasteiger charge is 2.23. The third-order valence-electron chi connectivity index (χ3n) is 4.68. The maximum Gasteiger partial charge on any atom is 0.225 e. The van der Waals surface area contributed by atoms with E-state index in [0.29, 0.717) is 0 Å². The van der Waals surface area contributed by atoms with Gasteiger partial charge in [0.25, 0.3) is 0 Å². The largest absolute Gasteiger partial charge is 0.369 e. The normalized spacial score (nSPS) is 17.6. The van der Waals surface area contributed by atoms with Crippen LogP contribution >= 0.6 is 0 Å². The summed E-state index contributed by atoms with van der Waals surface area (Å²) in [5, 5.41) is 3.12. The quantitative estimate of drug-likeness (QED) is 0.901. The van der Waals surface area contributed by atoms with Gasteiger partial charge in [-0.1, -0.05) is 32.9 Å². The van der Waals surface area contributed by atoms with Crippen LogP contribution in [-0.2, 0) is 4.79 Å². The molecule has 1 aromatic carbocycles. The number of carbonyl (C=O) groups is 1. The number of carbonyl (C=O) groups excluding carboxylic acids is 1. The van der Waals surface area contributed by atoms with Crippen molar-refractivity contribution in [3.8, 4) is 0 Å². The van der Waals surface area contributed by atoms with Gasteiger partial charge in [0.15, 0.2) is 0 Å². The number of amides is 1. The minimum absolute atomic E-state index is 0.138. The van der Waals surface area contributed by atoms with Crippen molar-refractivity contribution in [1.82, 2.24) is 10.2 Å². The predicted octanol–water partition coefficient (Wildman–Crippen LogP) is 3.06. The number of anilines is 1. The number of aryl methyl sites for hydroxylation is 1. The van der Waals surface area contributed by atoms with Gasteiger partial charge in [0.2, 0.25) is 5.91 Å². The molecule has 1 saturated heterocycles. The van der Waals surface area contributed by atoms with Crippen molar-refractivity contribution in [2.24, 2.45) is 5.41 Å². The van der Waals surface area contributed by atoms with Crippen molar-refractivity contribution >= 4 is 11.6 Å². The smallest absolute Gasteiger partial charge is 0.225 e. The van der Waals surface area contributed by atoms with Gasteiger partial charge in [-0.25, -0.2) is 0 Å². The van der Waals surface area contributed by atoms with E-state index in [1.54, 1.807) is 0 Å². The molecule has 4 heteroatoms. The zero-order valence-electron chi connectivity index (χ0n) is 15.9. The van der Waals surface area contributed by atoms with Gasteiger partial charge in [-0.2, -0.15) is 0 Å². The molecule has 24 heavy (non-hydrogen) atoms. The first kappa shape index (κ1) is 18.8. The van der Waals surface area contributed by atoms with E-state index in [2.05, 4.69) is 53.2 Å². The van der Waals surface area contributed by atoms with Crippen molar-refractivity contribution < 1.29 is 4.79 Å². The van der Waals surface area contributed by atoms with Crippen molar-refractivity contribution in [2.45, 2.75) is 47.1 Å². The summed E-state index contributed by atoms with van der Waals surface area (Å²) in [4.78, 5) is 17.0. The van der Waals surface area contributed by atoms with Crippen LogP contribution < -0.4 is 10.2 Å². The molecule has 0 aromatic heterocycles. The van der Waals surface area contributed by atoms with E-state index in [0.717, 1.165) is 39.1 Å². The summed E-state index contributed by atoms with van der Waals surface area (Å²) >= 11 is 0. The molecule has 2 rings (SSSR count). The SMILES string of the molecule is Cc1cccc(N2CCN(CC[C@H](C)NC(=O)C(C)(C)C)CC2)c1. The van der Waals surface area contributed by atoms with E-state index in [4.69, 9.17) is 0 Å². The summed E-state index contributed by atoms with van der Waals surface area (Å²) in [6.07, 6.45) is 1.01. The van der Waals surface area contributed by atoms with E-state index in [1.165, 1.54) is 11.3 Å². The van der Waals surface area contributed by atoms with Crippen LogP contribution in [0.3, 0.4) is 0 Å². The Morgan fingerprint density at radius 1 is 1.21 bits per heavy atom. The molecule has 1 aliphatic rings. The minimum atomic E-state index is -0.312. The highest BCUT2D eigenvalue weighted by molar-refractivity contribution is 5.81. The van der Waals surface area contributed by atoms with Crippen LogP contribution in [-0.4, -0.2) is 49.6 Å². The second-order valence-electron chi connectivity index (χ2n) is 8.08. The summed E-state index contributed by atoms with van der Waals surface area (Å²) in [5.74, 6) is 0.138. The van der Waals surface area contributed by atoms with Crippen molar-refractivity contribution in [1.29, 1.82) is 0 Å². The Balaban J connectivity index is 1.72. The fourth-order valence-electron chi connectivity index (χ4n) is 2.94. The summed E-state index contributed by atoms with van der Waals surface area (Å²) in [6.45, 7) is 15.5. The second-order valence-corrected chi connectivity index (χ2v) is 8.08. The fourth-order valence-corrected chi connectivity index (χ4v) is 2.94. The number of nitrogens with one attached hydrogen (secondary N) is 1. The summed E-state index contributed by atoms with van der Waals surface area (Å²) in [6, 6.07) is 8.97.